The van der Waals surface area contributed by atoms with Crippen molar-refractivity contribution in [1.82, 2.24) is 10.3 Å². The second kappa shape index (κ2) is 9.18. The van der Waals surface area contributed by atoms with Crippen molar-refractivity contribution < 1.29 is 17.9 Å². The Bertz CT molecular complexity index is 1170. The average Bonchev–Trinajstić information content (AvgIpc) is 3.16. The van der Waals surface area contributed by atoms with Gasteiger partial charge >= 0.3 is 0 Å². The van der Waals surface area contributed by atoms with Gasteiger partial charge in [-0.15, -0.1) is 0 Å². The lowest BCUT2D eigenvalue weighted by atomic mass is 10.1. The Balaban J connectivity index is 1.37. The van der Waals surface area contributed by atoms with E-state index in [0.717, 1.165) is 11.3 Å². The number of pyridine rings is 1. The number of hydrogen-bond donors (Lipinski definition) is 1. The van der Waals surface area contributed by atoms with Crippen LogP contribution in [0.1, 0.15) is 28.0 Å². The second-order valence-corrected chi connectivity index (χ2v) is 9.24. The highest BCUT2D eigenvalue weighted by molar-refractivity contribution is 7.93. The summed E-state index contributed by atoms with van der Waals surface area (Å²) >= 11 is 0. The lowest BCUT2D eigenvalue weighted by molar-refractivity contribution is 0.0951. The van der Waals surface area contributed by atoms with Crippen molar-refractivity contribution in [2.45, 2.75) is 19.6 Å². The maximum atomic E-state index is 12.6. The molecular weight excluding hydrogens is 414 g/mol. The fourth-order valence-electron chi connectivity index (χ4n) is 3.40. The van der Waals surface area contributed by atoms with E-state index >= 15 is 0 Å². The lowest BCUT2D eigenvalue weighted by Crippen LogP contribution is -2.26. The zero-order valence-corrected chi connectivity index (χ0v) is 17.7. The van der Waals surface area contributed by atoms with Gasteiger partial charge in [-0.05, 0) is 54.4 Å². The third kappa shape index (κ3) is 5.21. The van der Waals surface area contributed by atoms with Crippen LogP contribution in [0.15, 0.2) is 72.9 Å². The largest absolute Gasteiger partial charge is 0.487 e. The predicted octanol–water partition coefficient (Wildman–Crippen LogP) is 3.13. The summed E-state index contributed by atoms with van der Waals surface area (Å²) in [6, 6.07) is 19.9. The van der Waals surface area contributed by atoms with Crippen LogP contribution >= 0.6 is 0 Å². The molecule has 2 aromatic carbocycles. The van der Waals surface area contributed by atoms with E-state index in [-0.39, 0.29) is 11.7 Å². The molecular formula is C23H23N3O4S. The average molecular weight is 438 g/mol. The number of aromatic nitrogens is 1. The minimum atomic E-state index is -3.28. The number of hydrogen-bond acceptors (Lipinski definition) is 5. The molecule has 1 aliphatic rings. The Morgan fingerprint density at radius 2 is 1.94 bits per heavy atom. The second-order valence-electron chi connectivity index (χ2n) is 7.23. The van der Waals surface area contributed by atoms with E-state index in [4.69, 9.17) is 4.74 Å². The molecule has 31 heavy (non-hydrogen) atoms. The first-order valence-electron chi connectivity index (χ1n) is 10.0. The quantitative estimate of drug-likeness (QED) is 0.614. The number of nitrogens with one attached hydrogen (secondary N) is 1. The van der Waals surface area contributed by atoms with E-state index in [1.165, 1.54) is 4.31 Å². The molecule has 3 aromatic rings. The first kappa shape index (κ1) is 20.9. The summed E-state index contributed by atoms with van der Waals surface area (Å²) in [6.45, 7) is 1.13. The number of nitrogens with zero attached hydrogens (tertiary/aromatic N) is 2. The maximum Gasteiger partial charge on any atom is 0.251 e. The van der Waals surface area contributed by atoms with Crippen molar-refractivity contribution in [3.8, 4) is 5.75 Å². The monoisotopic (exact) mass is 437 g/mol. The van der Waals surface area contributed by atoms with Crippen LogP contribution in [0.5, 0.6) is 5.75 Å². The number of anilines is 1. The van der Waals surface area contributed by atoms with Crippen LogP contribution in [0, 0.1) is 0 Å². The summed E-state index contributed by atoms with van der Waals surface area (Å²) in [6.07, 6.45) is 2.32. The van der Waals surface area contributed by atoms with Gasteiger partial charge in [0.25, 0.3) is 5.91 Å². The Morgan fingerprint density at radius 1 is 1.06 bits per heavy atom. The van der Waals surface area contributed by atoms with Gasteiger partial charge in [0, 0.05) is 24.8 Å². The minimum absolute atomic E-state index is 0.141. The number of amides is 1. The van der Waals surface area contributed by atoms with Gasteiger partial charge in [-0.25, -0.2) is 8.42 Å². The van der Waals surface area contributed by atoms with E-state index in [9.17, 15) is 13.2 Å². The number of carbonyl (C=O) groups is 1. The molecule has 2 heterocycles. The van der Waals surface area contributed by atoms with Crippen LogP contribution in [0.3, 0.4) is 0 Å². The summed E-state index contributed by atoms with van der Waals surface area (Å²) in [5.74, 6) is 0.569. The predicted molar refractivity (Wildman–Crippen MR) is 118 cm³/mol. The van der Waals surface area contributed by atoms with Crippen LogP contribution in [0.25, 0.3) is 0 Å². The number of carbonyl (C=O) groups excluding carboxylic acids is 1. The normalized spacial score (nSPS) is 14.9. The van der Waals surface area contributed by atoms with E-state index in [1.54, 1.807) is 30.5 Å². The summed E-state index contributed by atoms with van der Waals surface area (Å²) in [5.41, 5.74) is 2.67. The fraction of sp³-hybridized carbons (Fsp3) is 0.217. The van der Waals surface area contributed by atoms with Gasteiger partial charge in [0.2, 0.25) is 10.0 Å². The van der Waals surface area contributed by atoms with Gasteiger partial charge in [0.05, 0.1) is 17.1 Å². The molecule has 1 amide bonds. The molecule has 1 N–H and O–H groups in total. The Kier molecular flexibility index (Phi) is 6.18. The molecule has 1 aliphatic heterocycles. The van der Waals surface area contributed by atoms with E-state index in [2.05, 4.69) is 10.3 Å². The Labute approximate surface area is 181 Å². The Morgan fingerprint density at radius 3 is 2.71 bits per heavy atom. The van der Waals surface area contributed by atoms with Crippen molar-refractivity contribution in [2.24, 2.45) is 0 Å². The fourth-order valence-corrected chi connectivity index (χ4v) is 4.96. The van der Waals surface area contributed by atoms with Gasteiger partial charge in [-0.1, -0.05) is 24.3 Å². The number of sulfonamides is 1. The summed E-state index contributed by atoms with van der Waals surface area (Å²) < 4.78 is 31.4. The van der Waals surface area contributed by atoms with Crippen molar-refractivity contribution in [1.29, 1.82) is 0 Å². The van der Waals surface area contributed by atoms with Gasteiger partial charge < -0.3 is 10.1 Å². The highest BCUT2D eigenvalue weighted by Gasteiger charge is 2.28. The van der Waals surface area contributed by atoms with Crippen LogP contribution in [0.2, 0.25) is 0 Å². The maximum absolute atomic E-state index is 12.6. The Hall–Kier alpha value is -3.39. The highest BCUT2D eigenvalue weighted by atomic mass is 32.2. The SMILES string of the molecule is O=C(NCc1cccc(OCc2ccccn2)c1)c1cccc(N2CCCS2(=O)=O)c1. The number of rotatable bonds is 7. The molecule has 0 aliphatic carbocycles. The van der Waals surface area contributed by atoms with Crippen molar-refractivity contribution in [2.75, 3.05) is 16.6 Å². The molecule has 0 radical (unpaired) electrons. The van der Waals surface area contributed by atoms with Gasteiger partial charge in [0.1, 0.15) is 12.4 Å². The highest BCUT2D eigenvalue weighted by Crippen LogP contribution is 2.24. The van der Waals surface area contributed by atoms with Crippen molar-refractivity contribution in [3.63, 3.8) is 0 Å². The third-order valence-corrected chi connectivity index (χ3v) is 6.83. The molecule has 7 nitrogen and oxygen atoms in total. The van der Waals surface area contributed by atoms with Crippen LogP contribution < -0.4 is 14.4 Å². The van der Waals surface area contributed by atoms with Gasteiger partial charge in [-0.3, -0.25) is 14.1 Å². The minimum Gasteiger partial charge on any atom is -0.487 e. The first-order chi connectivity index (χ1) is 15.0. The third-order valence-electron chi connectivity index (χ3n) is 4.96. The zero-order valence-electron chi connectivity index (χ0n) is 16.9. The first-order valence-corrected chi connectivity index (χ1v) is 11.6. The molecule has 1 saturated heterocycles. The topological polar surface area (TPSA) is 88.6 Å². The number of ether oxygens (including phenoxy) is 1. The zero-order chi connectivity index (χ0) is 21.7. The molecule has 0 saturated carbocycles. The van der Waals surface area contributed by atoms with Crippen molar-refractivity contribution in [3.05, 3.63) is 89.7 Å². The molecule has 4 rings (SSSR count). The van der Waals surface area contributed by atoms with Gasteiger partial charge in [0.15, 0.2) is 0 Å². The summed E-state index contributed by atoms with van der Waals surface area (Å²) in [4.78, 5) is 16.9. The molecule has 0 bridgehead atoms. The molecule has 8 heteroatoms. The molecule has 1 fully saturated rings. The number of benzene rings is 2. The summed E-state index contributed by atoms with van der Waals surface area (Å²) in [5, 5.41) is 2.88. The molecule has 160 valence electrons. The van der Waals surface area contributed by atoms with Crippen molar-refractivity contribution >= 4 is 21.6 Å². The molecule has 0 atom stereocenters. The summed E-state index contributed by atoms with van der Waals surface area (Å²) in [7, 11) is -3.28. The molecule has 0 spiro atoms. The molecule has 0 unspecified atom stereocenters. The van der Waals surface area contributed by atoms with E-state index in [1.807, 2.05) is 42.5 Å². The van der Waals surface area contributed by atoms with Gasteiger partial charge in [-0.2, -0.15) is 0 Å². The van der Waals surface area contributed by atoms with E-state index in [0.29, 0.717) is 43.1 Å². The smallest absolute Gasteiger partial charge is 0.251 e. The van der Waals surface area contributed by atoms with Crippen LogP contribution in [0.4, 0.5) is 5.69 Å². The molecule has 1 aromatic heterocycles. The van der Waals surface area contributed by atoms with Crippen LogP contribution in [-0.4, -0.2) is 31.6 Å². The lowest BCUT2D eigenvalue weighted by Gasteiger charge is -2.17. The standard InChI is InChI=1S/C23H23N3O4S/c27-23(19-7-4-9-21(15-19)26-12-5-13-31(26,28)29)25-16-18-6-3-10-22(14-18)30-17-20-8-1-2-11-24-20/h1-4,6-11,14-15H,5,12-13,16-17H2,(H,25,27). The van der Waals surface area contributed by atoms with E-state index < -0.39 is 10.0 Å². The van der Waals surface area contributed by atoms with Crippen LogP contribution in [-0.2, 0) is 23.2 Å².